The first-order valence-electron chi connectivity index (χ1n) is 22.8. The minimum absolute atomic E-state index is 0.140. The van der Waals surface area contributed by atoms with Crippen molar-refractivity contribution >= 4 is 17.9 Å². The zero-order chi connectivity index (χ0) is 42.1. The number of hydrogen-bond acceptors (Lipinski definition) is 8. The van der Waals surface area contributed by atoms with Gasteiger partial charge in [-0.25, -0.2) is 0 Å². The predicted molar refractivity (Wildman–Crippen MR) is 232 cm³/mol. The molecule has 330 valence electrons. The highest BCUT2D eigenvalue weighted by atomic mass is 16.7. The number of carbonyl (C=O) groups excluding carboxylic acids is 3. The van der Waals surface area contributed by atoms with E-state index in [2.05, 4.69) is 62.5 Å². The maximum Gasteiger partial charge on any atom is 0.306 e. The molecule has 0 bridgehead atoms. The van der Waals surface area contributed by atoms with Crippen LogP contribution in [0.3, 0.4) is 0 Å². The van der Waals surface area contributed by atoms with Gasteiger partial charge in [-0.1, -0.05) is 146 Å². The van der Waals surface area contributed by atoms with E-state index in [0.29, 0.717) is 17.4 Å². The normalized spacial score (nSPS) is 13.4. The van der Waals surface area contributed by atoms with Gasteiger partial charge >= 0.3 is 11.9 Å². The van der Waals surface area contributed by atoms with Gasteiger partial charge in [-0.05, 0) is 70.6 Å². The third-order valence-electron chi connectivity index (χ3n) is 9.56. The smallest absolute Gasteiger partial charge is 0.306 e. The number of carboxylic acids is 1. The molecule has 0 N–H and O–H groups in total. The SMILES string of the molecule is CC/C=C\C/C=C\C/C=C\CCCCCC(=O)OC(COC(=O)CCCCCCCCCCC/C=C\CCCCCCCC)COC(OCC[N+](C)(C)C)C(=O)[O-]. The molecule has 0 rings (SSSR count). The van der Waals surface area contributed by atoms with Gasteiger partial charge < -0.3 is 33.3 Å². The van der Waals surface area contributed by atoms with Crippen molar-refractivity contribution in [2.75, 3.05) is 47.5 Å². The summed E-state index contributed by atoms with van der Waals surface area (Å²) < 4.78 is 22.5. The molecule has 0 amide bonds. The number of quaternary nitrogens is 1. The second-order valence-electron chi connectivity index (χ2n) is 16.3. The zero-order valence-corrected chi connectivity index (χ0v) is 37.2. The van der Waals surface area contributed by atoms with Gasteiger partial charge in [0.25, 0.3) is 0 Å². The van der Waals surface area contributed by atoms with Crippen molar-refractivity contribution in [2.45, 2.75) is 193 Å². The Kier molecular flexibility index (Phi) is 38.1. The Hall–Kier alpha value is -2.75. The largest absolute Gasteiger partial charge is 0.545 e. The molecule has 0 radical (unpaired) electrons. The van der Waals surface area contributed by atoms with Crippen LogP contribution in [0.25, 0.3) is 0 Å². The van der Waals surface area contributed by atoms with Gasteiger partial charge in [0.2, 0.25) is 0 Å². The number of hydrogen-bond donors (Lipinski definition) is 0. The first kappa shape index (κ1) is 54.2. The molecule has 0 aliphatic rings. The van der Waals surface area contributed by atoms with Crippen molar-refractivity contribution in [3.8, 4) is 0 Å². The van der Waals surface area contributed by atoms with Crippen LogP contribution in [0.2, 0.25) is 0 Å². The molecule has 2 atom stereocenters. The highest BCUT2D eigenvalue weighted by Crippen LogP contribution is 2.14. The Bertz CT molecular complexity index is 1080. The van der Waals surface area contributed by atoms with E-state index in [9.17, 15) is 19.5 Å². The first-order valence-corrected chi connectivity index (χ1v) is 22.8. The number of carbonyl (C=O) groups is 3. The minimum Gasteiger partial charge on any atom is -0.545 e. The second kappa shape index (κ2) is 40.0. The van der Waals surface area contributed by atoms with Crippen LogP contribution in [0.4, 0.5) is 0 Å². The van der Waals surface area contributed by atoms with E-state index < -0.39 is 24.3 Å². The summed E-state index contributed by atoms with van der Waals surface area (Å²) in [6, 6.07) is 0. The van der Waals surface area contributed by atoms with Gasteiger partial charge in [-0.3, -0.25) is 9.59 Å². The molecule has 0 saturated heterocycles. The van der Waals surface area contributed by atoms with Crippen LogP contribution in [0.15, 0.2) is 48.6 Å². The third kappa shape index (κ3) is 41.2. The van der Waals surface area contributed by atoms with E-state index in [4.69, 9.17) is 18.9 Å². The Balaban J connectivity index is 4.42. The Morgan fingerprint density at radius 3 is 1.53 bits per heavy atom. The fourth-order valence-electron chi connectivity index (χ4n) is 6.01. The van der Waals surface area contributed by atoms with Gasteiger partial charge in [0.15, 0.2) is 12.4 Å². The lowest BCUT2D eigenvalue weighted by Crippen LogP contribution is -2.44. The van der Waals surface area contributed by atoms with Gasteiger partial charge in [-0.2, -0.15) is 0 Å². The number of rotatable bonds is 41. The van der Waals surface area contributed by atoms with Crippen molar-refractivity contribution in [2.24, 2.45) is 0 Å². The third-order valence-corrected chi connectivity index (χ3v) is 9.56. The van der Waals surface area contributed by atoms with Crippen LogP contribution in [0.5, 0.6) is 0 Å². The van der Waals surface area contributed by atoms with Crippen molar-refractivity contribution < 1.29 is 42.9 Å². The monoisotopic (exact) mass is 804 g/mol. The summed E-state index contributed by atoms with van der Waals surface area (Å²) in [7, 11) is 5.89. The van der Waals surface area contributed by atoms with Crippen molar-refractivity contribution in [3.63, 3.8) is 0 Å². The van der Waals surface area contributed by atoms with E-state index in [1.165, 1.54) is 89.9 Å². The molecule has 0 fully saturated rings. The molecule has 0 aliphatic carbocycles. The summed E-state index contributed by atoms with van der Waals surface area (Å²) >= 11 is 0. The number of ether oxygens (including phenoxy) is 4. The summed E-state index contributed by atoms with van der Waals surface area (Å²) in [6.07, 6.45) is 42.9. The summed E-state index contributed by atoms with van der Waals surface area (Å²) in [5.74, 6) is -2.33. The molecule has 9 nitrogen and oxygen atoms in total. The molecule has 9 heteroatoms. The summed E-state index contributed by atoms with van der Waals surface area (Å²) in [4.78, 5) is 36.9. The molecule has 57 heavy (non-hydrogen) atoms. The summed E-state index contributed by atoms with van der Waals surface area (Å²) in [5.41, 5.74) is 0. The molecule has 0 aromatic carbocycles. The molecule has 0 aromatic rings. The molecular formula is C48H85NO8. The lowest BCUT2D eigenvalue weighted by Gasteiger charge is -2.26. The Morgan fingerprint density at radius 2 is 1.00 bits per heavy atom. The first-order chi connectivity index (χ1) is 27.6. The van der Waals surface area contributed by atoms with E-state index >= 15 is 0 Å². The van der Waals surface area contributed by atoms with Crippen LogP contribution in [0.1, 0.15) is 181 Å². The fraction of sp³-hybridized carbons (Fsp3) is 0.771. The van der Waals surface area contributed by atoms with Crippen LogP contribution in [-0.4, -0.2) is 82.3 Å². The van der Waals surface area contributed by atoms with Gasteiger partial charge in [0.05, 0.1) is 40.3 Å². The molecule has 0 spiro atoms. The second-order valence-corrected chi connectivity index (χ2v) is 16.3. The van der Waals surface area contributed by atoms with Crippen LogP contribution >= 0.6 is 0 Å². The standard InChI is InChI=1S/C48H85NO8/c1-6-8-10-12-14-16-18-20-21-22-23-24-25-27-28-30-32-34-36-38-45(50)55-42-44(43-56-48(47(52)53)54-41-40-49(3,4)5)57-46(51)39-37-35-33-31-29-26-19-17-15-13-11-9-7-2/h9,11,15,17,20-21,26,29,44,48H,6-8,10,12-14,16,18-19,22-25,27-28,30-43H2,1-5H3/b11-9-,17-15-,21-20-,29-26-. The number of aliphatic carboxylic acids is 1. The zero-order valence-electron chi connectivity index (χ0n) is 37.2. The van der Waals surface area contributed by atoms with Crippen molar-refractivity contribution in [1.82, 2.24) is 0 Å². The number of carboxylic acid groups (broad SMARTS) is 1. The predicted octanol–water partition coefficient (Wildman–Crippen LogP) is 10.7. The summed E-state index contributed by atoms with van der Waals surface area (Å²) in [6.45, 7) is 4.58. The van der Waals surface area contributed by atoms with E-state index in [1.54, 1.807) is 0 Å². The fourth-order valence-corrected chi connectivity index (χ4v) is 6.01. The van der Waals surface area contributed by atoms with Gasteiger partial charge in [0.1, 0.15) is 13.2 Å². The molecule has 0 aliphatic heterocycles. The number of nitrogens with zero attached hydrogens (tertiary/aromatic N) is 1. The minimum atomic E-state index is -1.63. The molecule has 2 unspecified atom stereocenters. The van der Waals surface area contributed by atoms with E-state index in [0.717, 1.165) is 57.8 Å². The lowest BCUT2D eigenvalue weighted by atomic mass is 10.1. The number of allylic oxidation sites excluding steroid dienone is 8. The quantitative estimate of drug-likeness (QED) is 0.0197. The van der Waals surface area contributed by atoms with Gasteiger partial charge in [0, 0.05) is 12.8 Å². The number of likely N-dealkylation sites (N-methyl/N-ethyl adjacent to an activating group) is 1. The summed E-state index contributed by atoms with van der Waals surface area (Å²) in [5, 5.41) is 11.7. The lowest BCUT2D eigenvalue weighted by molar-refractivity contribution is -0.870. The average molecular weight is 804 g/mol. The van der Waals surface area contributed by atoms with Crippen LogP contribution in [0, 0.1) is 0 Å². The van der Waals surface area contributed by atoms with Crippen LogP contribution in [-0.2, 0) is 33.3 Å². The molecule has 0 saturated carbocycles. The average Bonchev–Trinajstić information content (AvgIpc) is 3.17. The highest BCUT2D eigenvalue weighted by molar-refractivity contribution is 5.70. The topological polar surface area (TPSA) is 111 Å². The number of unbranched alkanes of at least 4 members (excludes halogenated alkanes) is 18. The molecular weight excluding hydrogens is 719 g/mol. The van der Waals surface area contributed by atoms with Crippen molar-refractivity contribution in [3.05, 3.63) is 48.6 Å². The van der Waals surface area contributed by atoms with Gasteiger partial charge in [-0.15, -0.1) is 0 Å². The maximum absolute atomic E-state index is 12.7. The number of esters is 2. The Morgan fingerprint density at radius 1 is 0.544 bits per heavy atom. The van der Waals surface area contributed by atoms with Crippen molar-refractivity contribution in [1.29, 1.82) is 0 Å². The Labute approximate surface area is 349 Å². The highest BCUT2D eigenvalue weighted by Gasteiger charge is 2.21. The molecule has 0 aromatic heterocycles. The van der Waals surface area contributed by atoms with E-state index in [1.807, 2.05) is 21.1 Å². The van der Waals surface area contributed by atoms with E-state index in [-0.39, 0.29) is 38.6 Å². The maximum atomic E-state index is 12.7. The molecule has 0 heterocycles. The van der Waals surface area contributed by atoms with Crippen LogP contribution < -0.4 is 5.11 Å².